The summed E-state index contributed by atoms with van der Waals surface area (Å²) in [7, 11) is 0. The van der Waals surface area contributed by atoms with Crippen LogP contribution < -0.4 is 15.1 Å². The van der Waals surface area contributed by atoms with Crippen LogP contribution in [0.25, 0.3) is 0 Å². The molecule has 29 heavy (non-hydrogen) atoms. The van der Waals surface area contributed by atoms with Crippen molar-refractivity contribution in [3.05, 3.63) is 53.6 Å². The summed E-state index contributed by atoms with van der Waals surface area (Å²) in [5.74, 6) is -0.107. The first-order chi connectivity index (χ1) is 13.8. The topological polar surface area (TPSA) is 52.7 Å². The van der Waals surface area contributed by atoms with Crippen LogP contribution in [0.3, 0.4) is 0 Å². The average Bonchev–Trinajstić information content (AvgIpc) is 2.68. The molecule has 0 spiro atoms. The summed E-state index contributed by atoms with van der Waals surface area (Å²) < 4.78 is 0. The molecule has 2 amide bonds. The van der Waals surface area contributed by atoms with Crippen LogP contribution in [0.2, 0.25) is 0 Å². The lowest BCUT2D eigenvalue weighted by atomic mass is 9.97. The van der Waals surface area contributed by atoms with E-state index in [2.05, 4.69) is 37.9 Å². The van der Waals surface area contributed by atoms with Gasteiger partial charge in [0.25, 0.3) is 0 Å². The normalized spacial score (nSPS) is 10.7. The standard InChI is InChI=1S/C24H33N3O2/c1-7-26(8-2)21-14-12-20(13-15-21)25-23(29)16-27(19(6)28)24-18(5)10-9-11-22(24)17(3)4/h9-15,17H,7-8,16H2,1-6H3,(H,25,29). The second-order valence-corrected chi connectivity index (χ2v) is 7.54. The number of anilines is 3. The maximum atomic E-state index is 12.7. The lowest BCUT2D eigenvalue weighted by molar-refractivity contribution is -0.120. The highest BCUT2D eigenvalue weighted by atomic mass is 16.2. The zero-order valence-electron chi connectivity index (χ0n) is 18.5. The largest absolute Gasteiger partial charge is 0.372 e. The summed E-state index contributed by atoms with van der Waals surface area (Å²) >= 11 is 0. The number of nitrogens with one attached hydrogen (secondary N) is 1. The first-order valence-corrected chi connectivity index (χ1v) is 10.3. The first kappa shape index (κ1) is 22.5. The molecule has 0 heterocycles. The number of para-hydroxylation sites is 1. The number of aryl methyl sites for hydroxylation is 1. The number of rotatable bonds is 8. The molecular formula is C24H33N3O2. The van der Waals surface area contributed by atoms with Gasteiger partial charge in [-0.05, 0) is 62.1 Å². The molecule has 1 N–H and O–H groups in total. The molecule has 0 saturated carbocycles. The summed E-state index contributed by atoms with van der Waals surface area (Å²) in [6.07, 6.45) is 0. The number of hydrogen-bond acceptors (Lipinski definition) is 3. The fourth-order valence-corrected chi connectivity index (χ4v) is 3.55. The molecule has 0 atom stereocenters. The quantitative estimate of drug-likeness (QED) is 0.688. The van der Waals surface area contributed by atoms with Gasteiger partial charge >= 0.3 is 0 Å². The minimum absolute atomic E-state index is 0.0162. The van der Waals surface area contributed by atoms with Gasteiger partial charge in [-0.2, -0.15) is 0 Å². The highest BCUT2D eigenvalue weighted by molar-refractivity contribution is 6.02. The van der Waals surface area contributed by atoms with E-state index in [1.54, 1.807) is 4.90 Å². The summed E-state index contributed by atoms with van der Waals surface area (Å²) in [6.45, 7) is 13.7. The van der Waals surface area contributed by atoms with Crippen molar-refractivity contribution in [3.8, 4) is 0 Å². The Morgan fingerprint density at radius 2 is 1.62 bits per heavy atom. The van der Waals surface area contributed by atoms with Crippen molar-refractivity contribution in [1.29, 1.82) is 0 Å². The van der Waals surface area contributed by atoms with E-state index in [4.69, 9.17) is 0 Å². The van der Waals surface area contributed by atoms with Gasteiger partial charge in [0.05, 0.1) is 5.69 Å². The third kappa shape index (κ3) is 5.59. The average molecular weight is 396 g/mol. The monoisotopic (exact) mass is 395 g/mol. The Hall–Kier alpha value is -2.82. The van der Waals surface area contributed by atoms with Gasteiger partial charge in [0.2, 0.25) is 11.8 Å². The number of carbonyl (C=O) groups is 2. The summed E-state index contributed by atoms with van der Waals surface area (Å²) in [5.41, 5.74) is 4.74. The molecule has 0 bridgehead atoms. The lowest BCUT2D eigenvalue weighted by Gasteiger charge is -2.27. The number of nitrogens with zero attached hydrogens (tertiary/aromatic N) is 2. The van der Waals surface area contributed by atoms with Gasteiger partial charge in [0, 0.05) is 31.4 Å². The van der Waals surface area contributed by atoms with Crippen molar-refractivity contribution in [2.45, 2.75) is 47.5 Å². The molecule has 0 fully saturated rings. The van der Waals surface area contributed by atoms with Crippen molar-refractivity contribution < 1.29 is 9.59 Å². The first-order valence-electron chi connectivity index (χ1n) is 10.3. The zero-order valence-corrected chi connectivity index (χ0v) is 18.5. The SMILES string of the molecule is CCN(CC)c1ccc(NC(=O)CN(C(C)=O)c2c(C)cccc2C(C)C)cc1. The van der Waals surface area contributed by atoms with Crippen LogP contribution in [0.4, 0.5) is 17.1 Å². The van der Waals surface area contributed by atoms with E-state index in [-0.39, 0.29) is 24.3 Å². The summed E-state index contributed by atoms with van der Waals surface area (Å²) in [5, 5.41) is 2.92. The Bertz CT molecular complexity index is 840. The van der Waals surface area contributed by atoms with Crippen molar-refractivity contribution >= 4 is 28.9 Å². The van der Waals surface area contributed by atoms with Gasteiger partial charge in [-0.3, -0.25) is 9.59 Å². The number of benzene rings is 2. The van der Waals surface area contributed by atoms with E-state index >= 15 is 0 Å². The Morgan fingerprint density at radius 1 is 1.00 bits per heavy atom. The minimum atomic E-state index is -0.214. The van der Waals surface area contributed by atoms with Gasteiger partial charge in [-0.1, -0.05) is 32.0 Å². The Labute approximate surface area is 174 Å². The molecule has 0 aliphatic rings. The van der Waals surface area contributed by atoms with Gasteiger partial charge in [-0.15, -0.1) is 0 Å². The molecule has 0 aliphatic heterocycles. The molecule has 2 aromatic rings. The van der Waals surface area contributed by atoms with Gasteiger partial charge < -0.3 is 15.1 Å². The second kappa shape index (κ2) is 10.1. The zero-order chi connectivity index (χ0) is 21.6. The van der Waals surface area contributed by atoms with Crippen molar-refractivity contribution in [3.63, 3.8) is 0 Å². The van der Waals surface area contributed by atoms with Crippen LogP contribution in [0, 0.1) is 6.92 Å². The highest BCUT2D eigenvalue weighted by Crippen LogP contribution is 2.31. The highest BCUT2D eigenvalue weighted by Gasteiger charge is 2.21. The molecule has 0 aromatic heterocycles. The molecule has 5 heteroatoms. The van der Waals surface area contributed by atoms with E-state index in [9.17, 15) is 9.59 Å². The smallest absolute Gasteiger partial charge is 0.244 e. The van der Waals surface area contributed by atoms with Crippen LogP contribution in [0.5, 0.6) is 0 Å². The van der Waals surface area contributed by atoms with Crippen LogP contribution in [-0.2, 0) is 9.59 Å². The third-order valence-electron chi connectivity index (χ3n) is 5.12. The van der Waals surface area contributed by atoms with Gasteiger partial charge in [0.1, 0.15) is 6.54 Å². The molecule has 0 aliphatic carbocycles. The van der Waals surface area contributed by atoms with Crippen molar-refractivity contribution in [1.82, 2.24) is 0 Å². The van der Waals surface area contributed by atoms with E-state index < -0.39 is 0 Å². The van der Waals surface area contributed by atoms with Crippen LogP contribution in [-0.4, -0.2) is 31.4 Å². The summed E-state index contributed by atoms with van der Waals surface area (Å²) in [4.78, 5) is 28.9. The second-order valence-electron chi connectivity index (χ2n) is 7.54. The molecule has 5 nitrogen and oxygen atoms in total. The van der Waals surface area contributed by atoms with E-state index in [1.807, 2.05) is 49.4 Å². The Balaban J connectivity index is 2.19. The predicted octanol–water partition coefficient (Wildman–Crippen LogP) is 4.96. The number of hydrogen-bond donors (Lipinski definition) is 1. The predicted molar refractivity (Wildman–Crippen MR) is 122 cm³/mol. The fourth-order valence-electron chi connectivity index (χ4n) is 3.55. The van der Waals surface area contributed by atoms with Crippen LogP contribution in [0.1, 0.15) is 51.7 Å². The van der Waals surface area contributed by atoms with Gasteiger partial charge in [0.15, 0.2) is 0 Å². The minimum Gasteiger partial charge on any atom is -0.372 e. The van der Waals surface area contributed by atoms with Crippen molar-refractivity contribution in [2.24, 2.45) is 0 Å². The maximum absolute atomic E-state index is 12.7. The van der Waals surface area contributed by atoms with Crippen LogP contribution >= 0.6 is 0 Å². The molecule has 0 saturated heterocycles. The van der Waals surface area contributed by atoms with Crippen LogP contribution in [0.15, 0.2) is 42.5 Å². The molecule has 2 aromatic carbocycles. The molecule has 0 unspecified atom stereocenters. The Morgan fingerprint density at radius 3 is 2.14 bits per heavy atom. The lowest BCUT2D eigenvalue weighted by Crippen LogP contribution is -2.37. The molecule has 156 valence electrons. The maximum Gasteiger partial charge on any atom is 0.244 e. The fraction of sp³-hybridized carbons (Fsp3) is 0.417. The van der Waals surface area contributed by atoms with E-state index in [0.717, 1.165) is 41.3 Å². The van der Waals surface area contributed by atoms with E-state index in [0.29, 0.717) is 0 Å². The Kier molecular flexibility index (Phi) is 7.82. The number of amides is 2. The third-order valence-corrected chi connectivity index (χ3v) is 5.12. The van der Waals surface area contributed by atoms with Crippen molar-refractivity contribution in [2.75, 3.05) is 34.8 Å². The molecule has 0 radical (unpaired) electrons. The molecule has 2 rings (SSSR count). The molecular weight excluding hydrogens is 362 g/mol. The van der Waals surface area contributed by atoms with Gasteiger partial charge in [-0.25, -0.2) is 0 Å². The number of carbonyl (C=O) groups excluding carboxylic acids is 2. The summed E-state index contributed by atoms with van der Waals surface area (Å²) in [6, 6.07) is 13.8. The van der Waals surface area contributed by atoms with E-state index in [1.165, 1.54) is 6.92 Å².